The Balaban J connectivity index is 1.66. The normalized spacial score (nSPS) is 14.6. The number of nitrogens with zero attached hydrogens (tertiary/aromatic N) is 2. The summed E-state index contributed by atoms with van der Waals surface area (Å²) in [6.45, 7) is 3.10. The summed E-state index contributed by atoms with van der Waals surface area (Å²) in [6, 6.07) is 9.17. The first kappa shape index (κ1) is 30.9. The number of benzene rings is 2. The molecule has 0 aliphatic carbocycles. The third-order valence-corrected chi connectivity index (χ3v) is 6.95. The molecule has 0 saturated carbocycles. The first-order valence-electron chi connectivity index (χ1n) is 11.7. The zero-order valence-electron chi connectivity index (χ0n) is 21.7. The van der Waals surface area contributed by atoms with Crippen LogP contribution in [-0.4, -0.2) is 51.1 Å². The molecule has 3 N–H and O–H groups in total. The third kappa shape index (κ3) is 7.97. The van der Waals surface area contributed by atoms with E-state index >= 15 is 0 Å². The van der Waals surface area contributed by atoms with E-state index in [0.717, 1.165) is 12.7 Å². The Morgan fingerprint density at radius 3 is 2.55 bits per heavy atom. The Hall–Kier alpha value is -3.59. The van der Waals surface area contributed by atoms with Crippen LogP contribution in [0.25, 0.3) is 0 Å². The molecule has 0 aromatic heterocycles. The highest BCUT2D eigenvalue weighted by molar-refractivity contribution is 14.1. The summed E-state index contributed by atoms with van der Waals surface area (Å²) < 4.78 is 23.2. The van der Waals surface area contributed by atoms with E-state index in [4.69, 9.17) is 24.2 Å². The average Bonchev–Trinajstić information content (AvgIpc) is 2.91. The number of methoxy groups -OCH3 is 1. The first-order chi connectivity index (χ1) is 19.2. The molecule has 1 atom stereocenters. The predicted octanol–water partition coefficient (Wildman–Crippen LogP) is 3.53. The molecule has 1 aliphatic heterocycles. The van der Waals surface area contributed by atoms with Crippen molar-refractivity contribution in [3.63, 3.8) is 0 Å². The van der Waals surface area contributed by atoms with Gasteiger partial charge in [-0.1, -0.05) is 6.07 Å². The van der Waals surface area contributed by atoms with Crippen LogP contribution in [0, 0.1) is 18.5 Å². The number of urea groups is 1. The second-order valence-corrected chi connectivity index (χ2v) is 10.4. The minimum absolute atomic E-state index is 0.0526. The first-order valence-corrected chi connectivity index (χ1v) is 13.9. The van der Waals surface area contributed by atoms with Gasteiger partial charge in [-0.25, -0.2) is 15.0 Å². The molecular formula is C26H25I2N5O7. The van der Waals surface area contributed by atoms with Gasteiger partial charge in [-0.05, 0) is 94.4 Å². The standard InChI is InChI=1S/C26H25I2N5O7/c1-4-38-25(35)22-14(2)31-26(36)32-23(22)16-5-6-19(20(11-16)37-3)40-13-21(34)33-30-12-15-9-17(27)24(18(28)10-15)39-8-7-29/h5-6,9-12,23H,4,8,13H2,1-3H3,(H,33,34)(H2,31,32,36)/b30-12-/t23-/m0/s1. The monoisotopic (exact) mass is 773 g/mol. The van der Waals surface area contributed by atoms with Crippen LogP contribution in [0.4, 0.5) is 4.79 Å². The third-order valence-electron chi connectivity index (χ3n) is 5.35. The number of esters is 1. The molecule has 14 heteroatoms. The lowest BCUT2D eigenvalue weighted by atomic mass is 9.95. The Morgan fingerprint density at radius 1 is 1.18 bits per heavy atom. The Kier molecular flexibility index (Phi) is 11.4. The molecule has 0 radical (unpaired) electrons. The number of halogens is 2. The number of nitrogens with one attached hydrogen (secondary N) is 3. The van der Waals surface area contributed by atoms with E-state index in [-0.39, 0.29) is 31.1 Å². The molecule has 0 bridgehead atoms. The number of hydrogen-bond donors (Lipinski definition) is 3. The molecule has 2 aromatic rings. The summed E-state index contributed by atoms with van der Waals surface area (Å²) >= 11 is 4.20. The molecule has 0 saturated heterocycles. The van der Waals surface area contributed by atoms with Crippen LogP contribution in [0.3, 0.4) is 0 Å². The smallest absolute Gasteiger partial charge is 0.338 e. The van der Waals surface area contributed by atoms with E-state index in [2.05, 4.69) is 66.3 Å². The number of rotatable bonds is 11. The van der Waals surface area contributed by atoms with E-state index in [1.165, 1.54) is 13.3 Å². The zero-order valence-corrected chi connectivity index (χ0v) is 26.0. The fraction of sp³-hybridized carbons (Fsp3) is 0.269. The average molecular weight is 773 g/mol. The Morgan fingerprint density at radius 2 is 1.90 bits per heavy atom. The van der Waals surface area contributed by atoms with Gasteiger partial charge in [0, 0.05) is 5.70 Å². The van der Waals surface area contributed by atoms with Gasteiger partial charge in [-0.2, -0.15) is 10.4 Å². The molecular weight excluding hydrogens is 748 g/mol. The van der Waals surface area contributed by atoms with E-state index in [0.29, 0.717) is 22.8 Å². The van der Waals surface area contributed by atoms with Crippen molar-refractivity contribution in [2.75, 3.05) is 26.9 Å². The van der Waals surface area contributed by atoms with Crippen LogP contribution in [0.2, 0.25) is 0 Å². The molecule has 2 aromatic carbocycles. The summed E-state index contributed by atoms with van der Waals surface area (Å²) in [5.41, 5.74) is 4.34. The van der Waals surface area contributed by atoms with Gasteiger partial charge >= 0.3 is 12.0 Å². The number of ether oxygens (including phenoxy) is 4. The van der Waals surface area contributed by atoms with E-state index in [1.807, 2.05) is 18.2 Å². The van der Waals surface area contributed by atoms with Crippen molar-refractivity contribution in [3.8, 4) is 23.3 Å². The minimum Gasteiger partial charge on any atom is -0.493 e. The highest BCUT2D eigenvalue weighted by Gasteiger charge is 2.32. The van der Waals surface area contributed by atoms with Gasteiger partial charge in [0.15, 0.2) is 24.7 Å². The number of carbonyl (C=O) groups excluding carboxylic acids is 3. The molecule has 3 amide bonds. The van der Waals surface area contributed by atoms with Crippen molar-refractivity contribution in [3.05, 3.63) is 59.9 Å². The van der Waals surface area contributed by atoms with Crippen LogP contribution < -0.4 is 30.3 Å². The van der Waals surface area contributed by atoms with Crippen LogP contribution in [0.5, 0.6) is 17.2 Å². The van der Waals surface area contributed by atoms with E-state index in [9.17, 15) is 14.4 Å². The largest absolute Gasteiger partial charge is 0.493 e. The molecule has 1 heterocycles. The van der Waals surface area contributed by atoms with E-state index in [1.54, 1.807) is 32.0 Å². The Bertz CT molecular complexity index is 1380. The van der Waals surface area contributed by atoms with E-state index < -0.39 is 23.9 Å². The fourth-order valence-corrected chi connectivity index (χ4v) is 5.78. The molecule has 12 nitrogen and oxygen atoms in total. The number of hydrazone groups is 1. The number of carbonyl (C=O) groups is 3. The van der Waals surface area contributed by atoms with Crippen LogP contribution in [0.15, 0.2) is 46.7 Å². The summed E-state index contributed by atoms with van der Waals surface area (Å²) in [4.78, 5) is 37.0. The quantitative estimate of drug-likeness (QED) is 0.135. The van der Waals surface area contributed by atoms with Gasteiger partial charge in [-0.15, -0.1) is 0 Å². The SMILES string of the molecule is CCOC(=O)C1=C(C)NC(=O)N[C@H]1c1ccc(OCC(=O)N/N=C\c2cc(I)c(OCC#N)c(I)c2)c(OC)c1. The minimum atomic E-state index is -0.772. The molecule has 210 valence electrons. The highest BCUT2D eigenvalue weighted by atomic mass is 127. The number of hydrogen-bond acceptors (Lipinski definition) is 9. The summed E-state index contributed by atoms with van der Waals surface area (Å²) in [5, 5.41) is 18.0. The van der Waals surface area contributed by atoms with Crippen molar-refractivity contribution >= 4 is 69.3 Å². The number of allylic oxidation sites excluding steroid dienone is 1. The maximum Gasteiger partial charge on any atom is 0.338 e. The predicted molar refractivity (Wildman–Crippen MR) is 161 cm³/mol. The molecule has 0 unspecified atom stereocenters. The van der Waals surface area contributed by atoms with Gasteiger partial charge in [-0.3, -0.25) is 4.79 Å². The van der Waals surface area contributed by atoms with Gasteiger partial charge in [0.25, 0.3) is 5.91 Å². The molecule has 40 heavy (non-hydrogen) atoms. The number of nitriles is 1. The second-order valence-electron chi connectivity index (χ2n) is 8.04. The van der Waals surface area contributed by atoms with Crippen LogP contribution in [-0.2, 0) is 14.3 Å². The van der Waals surface area contributed by atoms with Crippen LogP contribution in [0.1, 0.15) is 31.0 Å². The summed E-state index contributed by atoms with van der Waals surface area (Å²) in [7, 11) is 1.43. The molecule has 0 fully saturated rings. The highest BCUT2D eigenvalue weighted by Crippen LogP contribution is 2.34. The van der Waals surface area contributed by atoms with Gasteiger partial charge in [0.2, 0.25) is 0 Å². The summed E-state index contributed by atoms with van der Waals surface area (Å²) in [5.74, 6) is 0.130. The zero-order chi connectivity index (χ0) is 29.2. The summed E-state index contributed by atoms with van der Waals surface area (Å²) in [6.07, 6.45) is 1.48. The molecule has 0 spiro atoms. The lowest BCUT2D eigenvalue weighted by Crippen LogP contribution is -2.45. The van der Waals surface area contributed by atoms with Gasteiger partial charge < -0.3 is 29.6 Å². The van der Waals surface area contributed by atoms with Crippen molar-refractivity contribution in [2.45, 2.75) is 19.9 Å². The van der Waals surface area contributed by atoms with Crippen molar-refractivity contribution < 1.29 is 33.3 Å². The van der Waals surface area contributed by atoms with Gasteiger partial charge in [0.05, 0.1) is 38.7 Å². The van der Waals surface area contributed by atoms with Crippen LogP contribution >= 0.6 is 45.2 Å². The fourth-order valence-electron chi connectivity index (χ4n) is 3.66. The topological polar surface area (TPSA) is 160 Å². The molecule has 3 rings (SSSR count). The van der Waals surface area contributed by atoms with Crippen molar-refractivity contribution in [1.29, 1.82) is 5.26 Å². The van der Waals surface area contributed by atoms with Gasteiger partial charge in [0.1, 0.15) is 11.8 Å². The maximum atomic E-state index is 12.6. The second kappa shape index (κ2) is 14.7. The maximum absolute atomic E-state index is 12.6. The van der Waals surface area contributed by atoms with Crippen molar-refractivity contribution in [1.82, 2.24) is 16.1 Å². The number of amides is 3. The van der Waals surface area contributed by atoms with Crippen molar-refractivity contribution in [2.24, 2.45) is 5.10 Å². The lowest BCUT2D eigenvalue weighted by Gasteiger charge is -2.28. The lowest BCUT2D eigenvalue weighted by molar-refractivity contribution is -0.139. The Labute approximate surface area is 257 Å². The molecule has 1 aliphatic rings.